The maximum atomic E-state index is 12.5. The van der Waals surface area contributed by atoms with Crippen molar-refractivity contribution in [1.82, 2.24) is 25.0 Å². The molecule has 0 aliphatic carbocycles. The van der Waals surface area contributed by atoms with Crippen LogP contribution in [-0.2, 0) is 18.3 Å². The van der Waals surface area contributed by atoms with Crippen molar-refractivity contribution in [2.45, 2.75) is 39.7 Å². The smallest absolute Gasteiger partial charge is 0.273 e. The second-order valence-corrected chi connectivity index (χ2v) is 6.69. The first-order chi connectivity index (χ1) is 11.4. The maximum Gasteiger partial charge on any atom is 0.273 e. The zero-order chi connectivity index (χ0) is 17.4. The van der Waals surface area contributed by atoms with Crippen LogP contribution in [0, 0.1) is 13.8 Å². The van der Waals surface area contributed by atoms with Gasteiger partial charge in [0.2, 0.25) is 5.91 Å². The molecule has 1 aliphatic rings. The first-order valence-corrected chi connectivity index (χ1v) is 8.44. The van der Waals surface area contributed by atoms with E-state index in [-0.39, 0.29) is 11.5 Å². The number of H-pyrrole nitrogens is 1. The van der Waals surface area contributed by atoms with E-state index in [1.54, 1.807) is 11.7 Å². The van der Waals surface area contributed by atoms with Gasteiger partial charge in [-0.25, -0.2) is 4.98 Å². The molecule has 1 unspecified atom stereocenters. The molecule has 3 rings (SSSR count). The quantitative estimate of drug-likeness (QED) is 0.864. The van der Waals surface area contributed by atoms with E-state index in [1.165, 1.54) is 0 Å². The van der Waals surface area contributed by atoms with Crippen molar-refractivity contribution < 1.29 is 4.79 Å². The second-order valence-electron chi connectivity index (χ2n) is 6.69. The van der Waals surface area contributed by atoms with Gasteiger partial charge in [-0.15, -0.1) is 0 Å². The summed E-state index contributed by atoms with van der Waals surface area (Å²) in [6, 6.07) is 0.340. The Morgan fingerprint density at radius 3 is 2.83 bits per heavy atom. The molecule has 1 amide bonds. The zero-order valence-electron chi connectivity index (χ0n) is 14.8. The minimum absolute atomic E-state index is 0.124. The van der Waals surface area contributed by atoms with Gasteiger partial charge < -0.3 is 10.2 Å². The van der Waals surface area contributed by atoms with E-state index in [9.17, 15) is 9.59 Å². The highest BCUT2D eigenvalue weighted by molar-refractivity contribution is 5.81. The van der Waals surface area contributed by atoms with Crippen LogP contribution in [0.3, 0.4) is 0 Å². The lowest BCUT2D eigenvalue weighted by molar-refractivity contribution is -0.132. The third-order valence-corrected chi connectivity index (χ3v) is 4.89. The van der Waals surface area contributed by atoms with Crippen LogP contribution in [0.5, 0.6) is 0 Å². The molecule has 3 heterocycles. The molecule has 0 bridgehead atoms. The number of nitrogens with zero attached hydrogens (tertiary/aromatic N) is 3. The number of piperazine rings is 1. The minimum atomic E-state index is -0.124. The molecule has 130 valence electrons. The number of nitrogens with one attached hydrogen (secondary N) is 2. The number of amides is 1. The third-order valence-electron chi connectivity index (χ3n) is 4.89. The molecular weight excluding hydrogens is 306 g/mol. The zero-order valence-corrected chi connectivity index (χ0v) is 14.8. The van der Waals surface area contributed by atoms with Gasteiger partial charge in [-0.3, -0.25) is 19.4 Å². The molecule has 1 fully saturated rings. The van der Waals surface area contributed by atoms with Gasteiger partial charge in [0.15, 0.2) is 5.65 Å². The van der Waals surface area contributed by atoms with Gasteiger partial charge in [-0.2, -0.15) is 0 Å². The molecule has 1 saturated heterocycles. The molecule has 2 N–H and O–H groups in total. The summed E-state index contributed by atoms with van der Waals surface area (Å²) in [6.45, 7) is 8.34. The van der Waals surface area contributed by atoms with Crippen LogP contribution >= 0.6 is 0 Å². The van der Waals surface area contributed by atoms with Gasteiger partial charge in [0, 0.05) is 44.8 Å². The molecule has 0 saturated carbocycles. The average Bonchev–Trinajstić information content (AvgIpc) is 2.81. The van der Waals surface area contributed by atoms with Crippen LogP contribution in [0.4, 0.5) is 0 Å². The van der Waals surface area contributed by atoms with Crippen molar-refractivity contribution in [3.05, 3.63) is 27.2 Å². The van der Waals surface area contributed by atoms with Crippen molar-refractivity contribution in [2.24, 2.45) is 7.05 Å². The predicted octanol–water partition coefficient (Wildman–Crippen LogP) is 0.631. The van der Waals surface area contributed by atoms with Crippen LogP contribution < -0.4 is 10.9 Å². The van der Waals surface area contributed by atoms with E-state index in [0.717, 1.165) is 36.5 Å². The summed E-state index contributed by atoms with van der Waals surface area (Å²) in [4.78, 5) is 31.1. The van der Waals surface area contributed by atoms with E-state index in [2.05, 4.69) is 22.3 Å². The predicted molar refractivity (Wildman–Crippen MR) is 93.2 cm³/mol. The topological polar surface area (TPSA) is 83.0 Å². The number of hydrogen-bond acceptors (Lipinski definition) is 4. The summed E-state index contributed by atoms with van der Waals surface area (Å²) in [7, 11) is 1.78. The van der Waals surface area contributed by atoms with Gasteiger partial charge in [0.05, 0.1) is 5.39 Å². The molecule has 0 aromatic carbocycles. The summed E-state index contributed by atoms with van der Waals surface area (Å²) < 4.78 is 1.65. The van der Waals surface area contributed by atoms with E-state index in [0.29, 0.717) is 29.9 Å². The van der Waals surface area contributed by atoms with Crippen molar-refractivity contribution in [2.75, 3.05) is 19.6 Å². The molecular formula is C17H25N5O2. The van der Waals surface area contributed by atoms with E-state index in [1.807, 2.05) is 18.7 Å². The Kier molecular flexibility index (Phi) is 4.45. The van der Waals surface area contributed by atoms with Crippen molar-refractivity contribution in [3.8, 4) is 0 Å². The lowest BCUT2D eigenvalue weighted by Gasteiger charge is -2.32. The number of aromatic nitrogens is 3. The Balaban J connectivity index is 1.81. The van der Waals surface area contributed by atoms with E-state index < -0.39 is 0 Å². The largest absolute Gasteiger partial charge is 0.340 e. The number of carbonyl (C=O) groups excluding carboxylic acids is 1. The minimum Gasteiger partial charge on any atom is -0.340 e. The van der Waals surface area contributed by atoms with Crippen LogP contribution in [-0.4, -0.2) is 51.2 Å². The van der Waals surface area contributed by atoms with Crippen LogP contribution in [0.1, 0.15) is 30.2 Å². The lowest BCUT2D eigenvalue weighted by atomic mass is 10.00. The lowest BCUT2D eigenvalue weighted by Crippen LogP contribution is -2.51. The first kappa shape index (κ1) is 16.7. The SMILES string of the molecule is Cc1nc2c(c(C)c1CCC(=O)N1CCNC(C)C1)c(=O)[nH]n2C. The number of hydrogen-bond donors (Lipinski definition) is 2. The van der Waals surface area contributed by atoms with Crippen LogP contribution in [0.15, 0.2) is 4.79 Å². The van der Waals surface area contributed by atoms with Gasteiger partial charge in [0.25, 0.3) is 5.56 Å². The van der Waals surface area contributed by atoms with Crippen molar-refractivity contribution >= 4 is 16.9 Å². The van der Waals surface area contributed by atoms with E-state index in [4.69, 9.17) is 0 Å². The Morgan fingerprint density at radius 1 is 1.38 bits per heavy atom. The Hall–Kier alpha value is -2.15. The molecule has 1 atom stereocenters. The van der Waals surface area contributed by atoms with Crippen molar-refractivity contribution in [1.29, 1.82) is 0 Å². The monoisotopic (exact) mass is 331 g/mol. The molecule has 0 spiro atoms. The fraction of sp³-hybridized carbons (Fsp3) is 0.588. The summed E-state index contributed by atoms with van der Waals surface area (Å²) in [6.07, 6.45) is 1.07. The van der Waals surface area contributed by atoms with Gasteiger partial charge in [-0.1, -0.05) is 0 Å². The Bertz CT molecular complexity index is 836. The molecule has 1 aliphatic heterocycles. The molecule has 7 nitrogen and oxygen atoms in total. The molecule has 24 heavy (non-hydrogen) atoms. The summed E-state index contributed by atoms with van der Waals surface area (Å²) in [5.74, 6) is 0.171. The van der Waals surface area contributed by atoms with Gasteiger partial charge >= 0.3 is 0 Å². The number of aryl methyl sites for hydroxylation is 3. The fourth-order valence-electron chi connectivity index (χ4n) is 3.57. The third kappa shape index (κ3) is 2.96. The summed E-state index contributed by atoms with van der Waals surface area (Å²) in [5.41, 5.74) is 3.37. The fourth-order valence-corrected chi connectivity index (χ4v) is 3.57. The highest BCUT2D eigenvalue weighted by atomic mass is 16.2. The highest BCUT2D eigenvalue weighted by Crippen LogP contribution is 2.21. The van der Waals surface area contributed by atoms with Crippen LogP contribution in [0.25, 0.3) is 11.0 Å². The average molecular weight is 331 g/mol. The molecule has 2 aromatic heterocycles. The Morgan fingerprint density at radius 2 is 2.12 bits per heavy atom. The summed E-state index contributed by atoms with van der Waals surface area (Å²) in [5, 5.41) is 6.72. The Labute approximate surface area is 141 Å². The van der Waals surface area contributed by atoms with Gasteiger partial charge in [0.1, 0.15) is 0 Å². The molecule has 0 radical (unpaired) electrons. The summed E-state index contributed by atoms with van der Waals surface area (Å²) >= 11 is 0. The number of fused-ring (bicyclic) bond motifs is 1. The normalized spacial score (nSPS) is 18.3. The van der Waals surface area contributed by atoms with E-state index >= 15 is 0 Å². The second kappa shape index (κ2) is 6.39. The number of pyridine rings is 1. The van der Waals surface area contributed by atoms with Crippen LogP contribution in [0.2, 0.25) is 0 Å². The number of rotatable bonds is 3. The standard InChI is InChI=1S/C17H25N5O2/c1-10-9-22(8-7-18-10)14(23)6-5-13-11(2)15-16(19-12(13)3)21(4)20-17(15)24/h10,18H,5-9H2,1-4H3,(H,20,24). The van der Waals surface area contributed by atoms with Crippen molar-refractivity contribution in [3.63, 3.8) is 0 Å². The maximum absolute atomic E-state index is 12.5. The molecule has 2 aromatic rings. The number of carbonyl (C=O) groups is 1. The van der Waals surface area contributed by atoms with Gasteiger partial charge in [-0.05, 0) is 38.3 Å². The highest BCUT2D eigenvalue weighted by Gasteiger charge is 2.21. The first-order valence-electron chi connectivity index (χ1n) is 8.44. The number of aromatic amines is 1. The molecule has 7 heteroatoms.